The molecule has 0 saturated heterocycles. The maximum absolute atomic E-state index is 12.6. The molecule has 0 unspecified atom stereocenters. The van der Waals surface area contributed by atoms with Gasteiger partial charge in [-0.2, -0.15) is 0 Å². The Kier molecular flexibility index (Phi) is 5.11. The minimum absolute atomic E-state index is 0. The quantitative estimate of drug-likeness (QED) is 0.517. The van der Waals surface area contributed by atoms with Crippen molar-refractivity contribution < 1.29 is 28.0 Å². The third kappa shape index (κ3) is 3.73. The summed E-state index contributed by atoms with van der Waals surface area (Å²) in [7, 11) is 0. The van der Waals surface area contributed by atoms with E-state index >= 15 is 0 Å². The van der Waals surface area contributed by atoms with E-state index in [0.717, 1.165) is 5.56 Å². The predicted molar refractivity (Wildman–Crippen MR) is 56.0 cm³/mol. The van der Waals surface area contributed by atoms with Crippen molar-refractivity contribution in [1.82, 2.24) is 0 Å². The average molecular weight is 208 g/mol. The summed E-state index contributed by atoms with van der Waals surface area (Å²) in [6, 6.07) is 16.7. The van der Waals surface area contributed by atoms with Gasteiger partial charge in [-0.05, 0) is 5.56 Å². The Balaban J connectivity index is 0.00000128. The molecule has 1 nitrogen and oxygen atoms in total. The maximum Gasteiger partial charge on any atom is 1.00 e. The Morgan fingerprint density at radius 2 is 1.81 bits per heavy atom. The van der Waals surface area contributed by atoms with Crippen molar-refractivity contribution in [1.29, 1.82) is 0 Å². The first-order valence-corrected chi connectivity index (χ1v) is 4.68. The van der Waals surface area contributed by atoms with Gasteiger partial charge in [0.1, 0.15) is 6.61 Å². The van der Waals surface area contributed by atoms with Gasteiger partial charge in [-0.1, -0.05) is 30.3 Å². The van der Waals surface area contributed by atoms with E-state index in [-0.39, 0.29) is 24.7 Å². The molecule has 0 bridgehead atoms. The summed E-state index contributed by atoms with van der Waals surface area (Å²) in [5, 5.41) is 0. The molecule has 0 radical (unpaired) electrons. The second-order valence-electron chi connectivity index (χ2n) is 3.15. The van der Waals surface area contributed by atoms with E-state index in [2.05, 4.69) is 6.07 Å². The van der Waals surface area contributed by atoms with Crippen molar-refractivity contribution in [3.05, 3.63) is 66.0 Å². The predicted octanol–water partition coefficient (Wildman–Crippen LogP) is 0.209. The first-order chi connectivity index (χ1) is 7.34. The smallest absolute Gasteiger partial charge is 0.515 e. The molecule has 0 heterocycles. The van der Waals surface area contributed by atoms with Crippen LogP contribution in [0.5, 0.6) is 5.75 Å². The monoisotopic (exact) mass is 208 g/mol. The molecule has 0 aromatic heterocycles. The molecule has 0 N–H and O–H groups in total. The molecule has 2 aromatic rings. The van der Waals surface area contributed by atoms with Gasteiger partial charge in [0.25, 0.3) is 0 Å². The topological polar surface area (TPSA) is 9.23 Å². The van der Waals surface area contributed by atoms with Gasteiger partial charge < -0.3 is 4.74 Å². The van der Waals surface area contributed by atoms with E-state index in [1.807, 2.05) is 30.3 Å². The molecule has 0 aliphatic rings. The molecule has 76 valence electrons. The van der Waals surface area contributed by atoms with Crippen LogP contribution in [0.15, 0.2) is 48.5 Å². The van der Waals surface area contributed by atoms with Crippen molar-refractivity contribution in [2.45, 2.75) is 6.61 Å². The van der Waals surface area contributed by atoms with Gasteiger partial charge >= 0.3 is 18.9 Å². The summed E-state index contributed by atoms with van der Waals surface area (Å²) in [6.45, 7) is 0.475. The normalized spacial score (nSPS) is 9.31. The zero-order valence-corrected chi connectivity index (χ0v) is 9.11. The second kappa shape index (κ2) is 6.37. The van der Waals surface area contributed by atoms with E-state index in [0.29, 0.717) is 12.4 Å². The molecule has 2 aromatic carbocycles. The average Bonchev–Trinajstić information content (AvgIpc) is 2.30. The fourth-order valence-electron chi connectivity index (χ4n) is 1.22. The SMILES string of the molecule is Fc1c[c-]c(OCc2ccccc2)cc1.[Li+]. The maximum atomic E-state index is 12.6. The number of halogens is 1. The van der Waals surface area contributed by atoms with Crippen LogP contribution in [0.25, 0.3) is 0 Å². The molecule has 0 fully saturated rings. The van der Waals surface area contributed by atoms with E-state index in [1.54, 1.807) is 6.07 Å². The van der Waals surface area contributed by atoms with E-state index in [4.69, 9.17) is 4.74 Å². The molecule has 0 saturated carbocycles. The van der Waals surface area contributed by atoms with Gasteiger partial charge in [0, 0.05) is 11.6 Å². The number of benzene rings is 2. The van der Waals surface area contributed by atoms with Crippen LogP contribution >= 0.6 is 0 Å². The van der Waals surface area contributed by atoms with Gasteiger partial charge in [0.15, 0.2) is 0 Å². The van der Waals surface area contributed by atoms with Crippen LogP contribution in [0.4, 0.5) is 4.39 Å². The fraction of sp³-hybridized carbons (Fsp3) is 0.0769. The first-order valence-electron chi connectivity index (χ1n) is 4.68. The van der Waals surface area contributed by atoms with Gasteiger partial charge in [0.2, 0.25) is 0 Å². The molecule has 0 atom stereocenters. The van der Waals surface area contributed by atoms with Crippen LogP contribution in [0.1, 0.15) is 5.56 Å². The summed E-state index contributed by atoms with van der Waals surface area (Å²) in [4.78, 5) is 0. The standard InChI is InChI=1S/C13H10FO.Li/c14-12-6-8-13(9-7-12)15-10-11-4-2-1-3-5-11;/h1-8H,10H2;/q-1;+1. The second-order valence-corrected chi connectivity index (χ2v) is 3.15. The van der Waals surface area contributed by atoms with Gasteiger partial charge in [-0.15, -0.1) is 24.3 Å². The van der Waals surface area contributed by atoms with Crippen molar-refractivity contribution in [2.75, 3.05) is 0 Å². The third-order valence-electron chi connectivity index (χ3n) is 1.98. The molecule has 0 aliphatic carbocycles. The number of hydrogen-bond acceptors (Lipinski definition) is 1. The molecular weight excluding hydrogens is 198 g/mol. The summed E-state index contributed by atoms with van der Waals surface area (Å²) in [5.74, 6) is 0.252. The van der Waals surface area contributed by atoms with Crippen molar-refractivity contribution in [2.24, 2.45) is 0 Å². The Morgan fingerprint density at radius 1 is 1.06 bits per heavy atom. The summed E-state index contributed by atoms with van der Waals surface area (Å²) in [6.07, 6.45) is 0. The summed E-state index contributed by atoms with van der Waals surface area (Å²) >= 11 is 0. The first kappa shape index (κ1) is 12.8. The number of hydrogen-bond donors (Lipinski definition) is 0. The van der Waals surface area contributed by atoms with E-state index < -0.39 is 0 Å². The van der Waals surface area contributed by atoms with Crippen molar-refractivity contribution in [3.63, 3.8) is 0 Å². The van der Waals surface area contributed by atoms with Gasteiger partial charge in [0.05, 0.1) is 0 Å². The molecule has 0 aliphatic heterocycles. The molecule has 0 spiro atoms. The molecular formula is C13H10FLiO. The molecule has 0 amide bonds. The minimum atomic E-state index is -0.304. The number of rotatable bonds is 3. The summed E-state index contributed by atoms with van der Waals surface area (Å²) in [5.41, 5.74) is 1.08. The Hall–Kier alpha value is -1.23. The van der Waals surface area contributed by atoms with Crippen LogP contribution < -0.4 is 23.6 Å². The van der Waals surface area contributed by atoms with Crippen molar-refractivity contribution >= 4 is 0 Å². The van der Waals surface area contributed by atoms with Crippen LogP contribution in [0, 0.1) is 11.9 Å². The largest absolute Gasteiger partial charge is 1.00 e. The Bertz CT molecular complexity index is 414. The molecule has 16 heavy (non-hydrogen) atoms. The van der Waals surface area contributed by atoms with Crippen molar-refractivity contribution in [3.8, 4) is 5.75 Å². The van der Waals surface area contributed by atoms with Crippen LogP contribution in [-0.4, -0.2) is 0 Å². The summed E-state index contributed by atoms with van der Waals surface area (Å²) < 4.78 is 18.0. The molecule has 3 heteroatoms. The van der Waals surface area contributed by atoms with E-state index in [1.165, 1.54) is 12.1 Å². The Morgan fingerprint density at radius 3 is 2.44 bits per heavy atom. The minimum Gasteiger partial charge on any atom is -0.515 e. The van der Waals surface area contributed by atoms with Gasteiger partial charge in [-0.25, -0.2) is 0 Å². The number of ether oxygens (including phenoxy) is 1. The van der Waals surface area contributed by atoms with Crippen LogP contribution in [0.2, 0.25) is 0 Å². The zero-order valence-electron chi connectivity index (χ0n) is 9.11. The third-order valence-corrected chi connectivity index (χ3v) is 1.98. The molecule has 2 rings (SSSR count). The van der Waals surface area contributed by atoms with Gasteiger partial charge in [-0.3, -0.25) is 4.39 Å². The van der Waals surface area contributed by atoms with E-state index in [9.17, 15) is 4.39 Å². The van der Waals surface area contributed by atoms with Crippen LogP contribution in [-0.2, 0) is 6.61 Å². The zero-order chi connectivity index (χ0) is 10.5. The Labute approximate surface area is 106 Å². The fourth-order valence-corrected chi connectivity index (χ4v) is 1.22. The van der Waals surface area contributed by atoms with Crippen LogP contribution in [0.3, 0.4) is 0 Å².